The van der Waals surface area contributed by atoms with Crippen molar-refractivity contribution in [1.29, 1.82) is 0 Å². The standard InChI is InChI=1S/C41H63NO11/c1-21-14-26-6-8-30-22(2)15-28(47-30)10-12-41-13-11-32(52-41)38-39(46-5)40(53-41)37-31(51-38)9-7-27(49-37)16-24(43)17-29-34(19-33(48-26)23(21)3)50-35(36(29)45-4)18-25(44)20-42/h21,25-40,44H,2-3,6-20,42H2,1,4-5H3/t21-,25+,26+,27-,28+,29+,30+,31+,32?,33-,34+,35-,36-,37+,38+,39-,40+,41+/m1/s1. The number of rotatable bonds is 5. The van der Waals surface area contributed by atoms with E-state index >= 15 is 0 Å². The Bertz CT molecular complexity index is 1350. The summed E-state index contributed by atoms with van der Waals surface area (Å²) in [7, 11) is 3.37. The molecule has 0 amide bonds. The molecule has 0 aromatic heterocycles. The molecule has 0 saturated carbocycles. The molecule has 53 heavy (non-hydrogen) atoms. The number of ketones is 1. The molecule has 3 N–H and O–H groups in total. The second-order valence-electron chi connectivity index (χ2n) is 17.4. The van der Waals surface area contributed by atoms with Gasteiger partial charge in [-0.2, -0.15) is 0 Å². The lowest BCUT2D eigenvalue weighted by Gasteiger charge is -2.50. The average molecular weight is 746 g/mol. The number of hydrogen-bond acceptors (Lipinski definition) is 12. The smallest absolute Gasteiger partial charge is 0.169 e. The van der Waals surface area contributed by atoms with Crippen LogP contribution in [-0.4, -0.2) is 129 Å². The topological polar surface area (TPSA) is 146 Å². The number of aliphatic hydroxyl groups excluding tert-OH is 1. The fourth-order valence-electron chi connectivity index (χ4n) is 11.0. The molecule has 0 aromatic carbocycles. The van der Waals surface area contributed by atoms with Crippen LogP contribution < -0.4 is 5.73 Å². The minimum atomic E-state index is -0.769. The summed E-state index contributed by atoms with van der Waals surface area (Å²) in [5.41, 5.74) is 8.01. The van der Waals surface area contributed by atoms with E-state index in [9.17, 15) is 9.90 Å². The Hall–Kier alpha value is -1.29. The maximum atomic E-state index is 14.1. The predicted molar refractivity (Wildman–Crippen MR) is 193 cm³/mol. The number of ether oxygens (including phenoxy) is 9. The Morgan fingerprint density at radius 1 is 0.774 bits per heavy atom. The highest BCUT2D eigenvalue weighted by Gasteiger charge is 2.61. The van der Waals surface area contributed by atoms with Crippen LogP contribution in [0.2, 0.25) is 0 Å². The highest BCUT2D eigenvalue weighted by molar-refractivity contribution is 5.79. The van der Waals surface area contributed by atoms with Crippen molar-refractivity contribution in [2.45, 2.75) is 194 Å². The predicted octanol–water partition coefficient (Wildman–Crippen LogP) is 4.08. The lowest BCUT2D eigenvalue weighted by molar-refractivity contribution is -0.302. The van der Waals surface area contributed by atoms with Crippen molar-refractivity contribution in [3.05, 3.63) is 24.3 Å². The summed E-state index contributed by atoms with van der Waals surface area (Å²) in [6.45, 7) is 11.3. The molecule has 8 saturated heterocycles. The summed E-state index contributed by atoms with van der Waals surface area (Å²) in [4.78, 5) is 14.1. The first-order valence-electron chi connectivity index (χ1n) is 20.5. The van der Waals surface area contributed by atoms with Crippen LogP contribution in [0.3, 0.4) is 0 Å². The van der Waals surface area contributed by atoms with Gasteiger partial charge in [0.25, 0.3) is 0 Å². The Balaban J connectivity index is 1.07. The van der Waals surface area contributed by atoms with E-state index in [-0.39, 0.29) is 116 Å². The number of aliphatic hydroxyl groups is 1. The fourth-order valence-corrected chi connectivity index (χ4v) is 11.0. The molecule has 0 radical (unpaired) electrons. The van der Waals surface area contributed by atoms with Gasteiger partial charge in [-0.25, -0.2) is 0 Å². The van der Waals surface area contributed by atoms with Crippen LogP contribution in [0.4, 0.5) is 0 Å². The summed E-state index contributed by atoms with van der Waals surface area (Å²) < 4.78 is 59.7. The minimum absolute atomic E-state index is 0.0188. The molecule has 18 atom stereocenters. The first-order valence-corrected chi connectivity index (χ1v) is 20.5. The molecular formula is C41H63NO11. The zero-order valence-corrected chi connectivity index (χ0v) is 31.9. The van der Waals surface area contributed by atoms with Gasteiger partial charge in [-0.15, -0.1) is 0 Å². The molecule has 8 aliphatic rings. The molecule has 0 aliphatic carbocycles. The number of Topliss-reactive ketones (excluding diaryl/α,β-unsaturated/α-hetero) is 1. The molecule has 0 aromatic rings. The van der Waals surface area contributed by atoms with E-state index < -0.39 is 18.0 Å². The molecule has 8 aliphatic heterocycles. The molecule has 1 unspecified atom stereocenters. The molecule has 1 spiro atoms. The largest absolute Gasteiger partial charge is 0.392 e. The van der Waals surface area contributed by atoms with Gasteiger partial charge in [0.15, 0.2) is 5.79 Å². The average Bonchev–Trinajstić information content (AvgIpc) is 3.80. The van der Waals surface area contributed by atoms with Crippen molar-refractivity contribution >= 4 is 5.78 Å². The Morgan fingerprint density at radius 2 is 1.53 bits per heavy atom. The highest BCUT2D eigenvalue weighted by atomic mass is 16.7. The Morgan fingerprint density at radius 3 is 2.32 bits per heavy atom. The minimum Gasteiger partial charge on any atom is -0.392 e. The van der Waals surface area contributed by atoms with Crippen LogP contribution >= 0.6 is 0 Å². The second kappa shape index (κ2) is 15.9. The van der Waals surface area contributed by atoms with Crippen LogP contribution in [0.5, 0.6) is 0 Å². The third kappa shape index (κ3) is 7.74. The van der Waals surface area contributed by atoms with Gasteiger partial charge in [-0.3, -0.25) is 4.79 Å². The first kappa shape index (κ1) is 38.6. The van der Waals surface area contributed by atoms with E-state index in [1.165, 1.54) is 0 Å². The van der Waals surface area contributed by atoms with Crippen molar-refractivity contribution in [3.8, 4) is 0 Å². The summed E-state index contributed by atoms with van der Waals surface area (Å²) in [6, 6.07) is 0. The summed E-state index contributed by atoms with van der Waals surface area (Å²) in [5, 5.41) is 10.5. The number of carbonyl (C=O) groups is 1. The van der Waals surface area contributed by atoms with E-state index in [1.54, 1.807) is 14.2 Å². The first-order chi connectivity index (χ1) is 25.6. The zero-order valence-electron chi connectivity index (χ0n) is 31.9. The Labute approximate surface area is 314 Å². The van der Waals surface area contributed by atoms with Crippen LogP contribution in [0.15, 0.2) is 24.3 Å². The lowest BCUT2D eigenvalue weighted by Crippen LogP contribution is -2.64. The third-order valence-electron chi connectivity index (χ3n) is 13.9. The van der Waals surface area contributed by atoms with Crippen molar-refractivity contribution in [1.82, 2.24) is 0 Å². The molecule has 12 heteroatoms. The maximum Gasteiger partial charge on any atom is 0.169 e. The molecule has 8 rings (SSSR count). The summed E-state index contributed by atoms with van der Waals surface area (Å²) in [5.74, 6) is -0.624. The van der Waals surface area contributed by atoms with E-state index in [1.807, 2.05) is 0 Å². The second-order valence-corrected chi connectivity index (χ2v) is 17.4. The molecule has 10 bridgehead atoms. The fraction of sp³-hybridized carbons (Fsp3) is 0.878. The monoisotopic (exact) mass is 745 g/mol. The van der Waals surface area contributed by atoms with Gasteiger partial charge >= 0.3 is 0 Å². The lowest BCUT2D eigenvalue weighted by atomic mass is 9.81. The quantitative estimate of drug-likeness (QED) is 0.391. The van der Waals surface area contributed by atoms with Crippen LogP contribution in [0, 0.1) is 11.8 Å². The third-order valence-corrected chi connectivity index (χ3v) is 13.9. The zero-order chi connectivity index (χ0) is 37.0. The normalized spacial score (nSPS) is 49.6. The highest BCUT2D eigenvalue weighted by Crippen LogP contribution is 2.50. The summed E-state index contributed by atoms with van der Waals surface area (Å²) in [6.07, 6.45) is 5.57. The van der Waals surface area contributed by atoms with Crippen LogP contribution in [0.1, 0.15) is 96.8 Å². The number of methoxy groups -OCH3 is 2. The SMILES string of the molecule is C=C1C[C@@H]2CC[C@]34CCC(O3)[C@@H]3O[C@H]5CC[C@H](CC(=O)C[C@@H]6[C@@H](OC)[C@@H](C[C@H](O)CN)O[C@H]6C[C@H]6O[C@@H](CC[C@@H]1O2)C[C@@H](C)C6=C)O[C@@H]5[C@H](O4)[C@@H]3OC. The van der Waals surface area contributed by atoms with Crippen molar-refractivity contribution < 1.29 is 52.5 Å². The van der Waals surface area contributed by atoms with E-state index in [0.717, 1.165) is 62.5 Å². The van der Waals surface area contributed by atoms with E-state index in [2.05, 4.69) is 20.1 Å². The van der Waals surface area contributed by atoms with Crippen molar-refractivity contribution in [2.24, 2.45) is 17.6 Å². The molecular weight excluding hydrogens is 682 g/mol. The summed E-state index contributed by atoms with van der Waals surface area (Å²) >= 11 is 0. The number of nitrogens with two attached hydrogens (primary N) is 1. The van der Waals surface area contributed by atoms with E-state index in [4.69, 9.17) is 48.4 Å². The van der Waals surface area contributed by atoms with Gasteiger partial charge in [0.05, 0.1) is 67.1 Å². The van der Waals surface area contributed by atoms with E-state index in [0.29, 0.717) is 25.7 Å². The Kier molecular flexibility index (Phi) is 11.6. The number of fused-ring (bicyclic) bond motifs is 9. The number of hydrogen-bond donors (Lipinski definition) is 2. The van der Waals surface area contributed by atoms with Gasteiger partial charge < -0.3 is 53.5 Å². The van der Waals surface area contributed by atoms with Crippen molar-refractivity contribution in [2.75, 3.05) is 20.8 Å². The van der Waals surface area contributed by atoms with Gasteiger partial charge in [-0.05, 0) is 68.4 Å². The van der Waals surface area contributed by atoms with Gasteiger partial charge in [-0.1, -0.05) is 20.1 Å². The molecule has 8 fully saturated rings. The maximum absolute atomic E-state index is 14.1. The molecule has 8 heterocycles. The van der Waals surface area contributed by atoms with Crippen LogP contribution in [0.25, 0.3) is 0 Å². The molecule has 12 nitrogen and oxygen atoms in total. The van der Waals surface area contributed by atoms with Crippen molar-refractivity contribution in [3.63, 3.8) is 0 Å². The van der Waals surface area contributed by atoms with Crippen LogP contribution in [-0.2, 0) is 47.4 Å². The number of carbonyl (C=O) groups excluding carboxylic acids is 1. The van der Waals surface area contributed by atoms with Gasteiger partial charge in [0.1, 0.15) is 30.2 Å². The van der Waals surface area contributed by atoms with Gasteiger partial charge in [0.2, 0.25) is 0 Å². The van der Waals surface area contributed by atoms with Gasteiger partial charge in [0, 0.05) is 65.2 Å². The molecule has 298 valence electrons.